The van der Waals surface area contributed by atoms with Crippen molar-refractivity contribution in [1.29, 1.82) is 0 Å². The Bertz CT molecular complexity index is 1010. The summed E-state index contributed by atoms with van der Waals surface area (Å²) >= 11 is 0. The number of hydrogen-bond donors (Lipinski definition) is 4. The molecule has 3 aromatic carbocycles. The number of benzene rings is 3. The van der Waals surface area contributed by atoms with Crippen molar-refractivity contribution in [2.45, 2.75) is 25.7 Å². The Morgan fingerprint density at radius 1 is 0.882 bits per heavy atom. The van der Waals surface area contributed by atoms with Crippen LogP contribution in [0.25, 0.3) is 0 Å². The lowest BCUT2D eigenvalue weighted by Crippen LogP contribution is -2.30. The summed E-state index contributed by atoms with van der Waals surface area (Å²) < 4.78 is 19.0. The van der Waals surface area contributed by atoms with E-state index in [-0.39, 0.29) is 18.5 Å². The van der Waals surface area contributed by atoms with E-state index in [1.165, 1.54) is 17.7 Å². The van der Waals surface area contributed by atoms with Crippen LogP contribution in [-0.4, -0.2) is 46.5 Å². The molecular weight excluding hydrogens is 441 g/mol. The zero-order chi connectivity index (χ0) is 24.9. The molecule has 0 aliphatic rings. The summed E-state index contributed by atoms with van der Waals surface area (Å²) in [7, 11) is 0. The number of aliphatic carboxylic acids is 2. The van der Waals surface area contributed by atoms with Crippen LogP contribution in [0.1, 0.15) is 28.4 Å². The summed E-state index contributed by atoms with van der Waals surface area (Å²) in [5.74, 6) is -3.90. The first-order valence-electron chi connectivity index (χ1n) is 10.6. The van der Waals surface area contributed by atoms with E-state index in [2.05, 4.69) is 36.5 Å². The molecule has 0 amide bonds. The Hall–Kier alpha value is -3.59. The minimum absolute atomic E-state index is 0.212. The Morgan fingerprint density at radius 3 is 2.00 bits per heavy atom. The van der Waals surface area contributed by atoms with Crippen LogP contribution in [0.15, 0.2) is 78.9 Å². The SMILES string of the molecule is Cc1ccc(C(OCC(O)CNCc2ccc(F)cc2)c2ccccc2)cc1.O=C(O)C(=O)O. The van der Waals surface area contributed by atoms with E-state index in [1.54, 1.807) is 12.1 Å². The van der Waals surface area contributed by atoms with Crippen LogP contribution < -0.4 is 5.32 Å². The summed E-state index contributed by atoms with van der Waals surface area (Å²) in [4.78, 5) is 18.2. The van der Waals surface area contributed by atoms with Gasteiger partial charge in [0, 0.05) is 13.1 Å². The summed E-state index contributed by atoms with van der Waals surface area (Å²) in [5, 5.41) is 28.3. The number of carbonyl (C=O) groups is 2. The molecule has 34 heavy (non-hydrogen) atoms. The van der Waals surface area contributed by atoms with E-state index < -0.39 is 18.0 Å². The van der Waals surface area contributed by atoms with Gasteiger partial charge in [0.05, 0.1) is 12.7 Å². The van der Waals surface area contributed by atoms with Crippen LogP contribution in [0.4, 0.5) is 4.39 Å². The number of ether oxygens (including phenoxy) is 1. The molecular formula is C26H28FNO6. The quantitative estimate of drug-likeness (QED) is 0.354. The third kappa shape index (κ3) is 9.50. The molecule has 4 N–H and O–H groups in total. The summed E-state index contributed by atoms with van der Waals surface area (Å²) in [6, 6.07) is 24.6. The molecule has 0 bridgehead atoms. The average molecular weight is 470 g/mol. The number of hydrogen-bond acceptors (Lipinski definition) is 5. The molecule has 3 rings (SSSR count). The van der Waals surface area contributed by atoms with Crippen LogP contribution in [0.2, 0.25) is 0 Å². The molecule has 8 heteroatoms. The minimum atomic E-state index is -1.82. The molecule has 3 aromatic rings. The number of nitrogens with one attached hydrogen (secondary N) is 1. The predicted octanol–water partition coefficient (Wildman–Crippen LogP) is 3.55. The third-order valence-corrected chi connectivity index (χ3v) is 4.74. The van der Waals surface area contributed by atoms with E-state index in [1.807, 2.05) is 30.3 Å². The van der Waals surface area contributed by atoms with Crippen molar-refractivity contribution in [3.8, 4) is 0 Å². The third-order valence-electron chi connectivity index (χ3n) is 4.74. The van der Waals surface area contributed by atoms with Crippen molar-refractivity contribution in [3.63, 3.8) is 0 Å². The largest absolute Gasteiger partial charge is 0.473 e. The lowest BCUT2D eigenvalue weighted by atomic mass is 10.0. The first-order valence-corrected chi connectivity index (χ1v) is 10.6. The molecule has 0 spiro atoms. The summed E-state index contributed by atoms with van der Waals surface area (Å²) in [5.41, 5.74) is 4.28. The van der Waals surface area contributed by atoms with Gasteiger partial charge in [-0.1, -0.05) is 72.3 Å². The first-order chi connectivity index (χ1) is 16.3. The van der Waals surface area contributed by atoms with Gasteiger partial charge in [-0.3, -0.25) is 0 Å². The standard InChI is InChI=1S/C24H26FNO2.C2H2O4/c1-18-7-11-21(12-8-18)24(20-5-3-2-4-6-20)28-17-23(27)16-26-15-19-9-13-22(25)14-10-19;3-1(4)2(5)6/h2-14,23-24,26-27H,15-17H2,1H3;(H,3,4)(H,5,6). The van der Waals surface area contributed by atoms with Gasteiger partial charge in [-0.2, -0.15) is 0 Å². The molecule has 0 heterocycles. The predicted molar refractivity (Wildman–Crippen MR) is 125 cm³/mol. The van der Waals surface area contributed by atoms with Gasteiger partial charge in [-0.25, -0.2) is 14.0 Å². The fraction of sp³-hybridized carbons (Fsp3) is 0.231. The molecule has 180 valence electrons. The highest BCUT2D eigenvalue weighted by Crippen LogP contribution is 2.26. The zero-order valence-corrected chi connectivity index (χ0v) is 18.7. The first kappa shape index (κ1) is 26.7. The average Bonchev–Trinajstić information content (AvgIpc) is 2.82. The van der Waals surface area contributed by atoms with Crippen molar-refractivity contribution >= 4 is 11.9 Å². The number of aliphatic hydroxyl groups is 1. The van der Waals surface area contributed by atoms with E-state index in [9.17, 15) is 9.50 Å². The van der Waals surface area contributed by atoms with Gasteiger partial charge >= 0.3 is 11.9 Å². The maximum atomic E-state index is 12.9. The lowest BCUT2D eigenvalue weighted by molar-refractivity contribution is -0.159. The minimum Gasteiger partial charge on any atom is -0.473 e. The summed E-state index contributed by atoms with van der Waals surface area (Å²) in [6.07, 6.45) is -0.870. The van der Waals surface area contributed by atoms with Crippen molar-refractivity contribution < 1.29 is 34.0 Å². The Labute approximate surface area is 197 Å². The topological polar surface area (TPSA) is 116 Å². The van der Waals surface area contributed by atoms with E-state index in [0.29, 0.717) is 13.1 Å². The lowest BCUT2D eigenvalue weighted by Gasteiger charge is -2.21. The van der Waals surface area contributed by atoms with Crippen LogP contribution in [-0.2, 0) is 20.9 Å². The summed E-state index contributed by atoms with van der Waals surface area (Å²) in [6.45, 7) is 3.23. The molecule has 0 radical (unpaired) electrons. The Kier molecular flexibility index (Phi) is 10.9. The second-order valence-corrected chi connectivity index (χ2v) is 7.56. The maximum Gasteiger partial charge on any atom is 0.414 e. The molecule has 0 aliphatic carbocycles. The Balaban J connectivity index is 0.000000604. The van der Waals surface area contributed by atoms with Crippen LogP contribution in [0.5, 0.6) is 0 Å². The second kappa shape index (κ2) is 13.8. The molecule has 0 aliphatic heterocycles. The fourth-order valence-corrected chi connectivity index (χ4v) is 3.01. The van der Waals surface area contributed by atoms with Crippen LogP contribution in [0, 0.1) is 12.7 Å². The normalized spacial score (nSPS) is 12.2. The maximum absolute atomic E-state index is 12.9. The number of carboxylic acids is 2. The van der Waals surface area contributed by atoms with Gasteiger partial charge in [0.1, 0.15) is 11.9 Å². The molecule has 2 unspecified atom stereocenters. The monoisotopic (exact) mass is 469 g/mol. The molecule has 0 saturated carbocycles. The number of halogens is 1. The second-order valence-electron chi connectivity index (χ2n) is 7.56. The number of aryl methyl sites for hydroxylation is 1. The number of rotatable bonds is 9. The highest BCUT2D eigenvalue weighted by Gasteiger charge is 2.16. The van der Waals surface area contributed by atoms with Gasteiger partial charge in [0.2, 0.25) is 0 Å². The fourth-order valence-electron chi connectivity index (χ4n) is 3.01. The van der Waals surface area contributed by atoms with Crippen molar-refractivity contribution in [3.05, 3.63) is 107 Å². The number of carboxylic acid groups (broad SMARTS) is 2. The van der Waals surface area contributed by atoms with E-state index >= 15 is 0 Å². The van der Waals surface area contributed by atoms with Gasteiger partial charge in [0.15, 0.2) is 0 Å². The van der Waals surface area contributed by atoms with Gasteiger partial charge in [-0.15, -0.1) is 0 Å². The highest BCUT2D eigenvalue weighted by molar-refractivity contribution is 6.27. The van der Waals surface area contributed by atoms with Crippen molar-refractivity contribution in [2.75, 3.05) is 13.2 Å². The Morgan fingerprint density at radius 2 is 1.44 bits per heavy atom. The van der Waals surface area contributed by atoms with Gasteiger partial charge in [-0.05, 0) is 35.7 Å². The molecule has 0 aromatic heterocycles. The van der Waals surface area contributed by atoms with Gasteiger partial charge < -0.3 is 25.4 Å². The molecule has 2 atom stereocenters. The van der Waals surface area contributed by atoms with Crippen LogP contribution >= 0.6 is 0 Å². The van der Waals surface area contributed by atoms with Gasteiger partial charge in [0.25, 0.3) is 0 Å². The number of aliphatic hydroxyl groups excluding tert-OH is 1. The highest BCUT2D eigenvalue weighted by atomic mass is 19.1. The van der Waals surface area contributed by atoms with E-state index in [0.717, 1.165) is 16.7 Å². The van der Waals surface area contributed by atoms with Crippen molar-refractivity contribution in [2.24, 2.45) is 0 Å². The molecule has 7 nitrogen and oxygen atoms in total. The van der Waals surface area contributed by atoms with Crippen LogP contribution in [0.3, 0.4) is 0 Å². The molecule has 0 saturated heterocycles. The van der Waals surface area contributed by atoms with E-state index in [4.69, 9.17) is 24.5 Å². The zero-order valence-electron chi connectivity index (χ0n) is 18.7. The van der Waals surface area contributed by atoms with Crippen molar-refractivity contribution in [1.82, 2.24) is 5.32 Å². The molecule has 0 fully saturated rings. The smallest absolute Gasteiger partial charge is 0.414 e.